The molecule has 134 valence electrons. The van der Waals surface area contributed by atoms with E-state index in [4.69, 9.17) is 11.6 Å². The third kappa shape index (κ3) is 5.42. The number of nitrogens with zero attached hydrogens (tertiary/aromatic N) is 1. The van der Waals surface area contributed by atoms with Crippen LogP contribution in [0.25, 0.3) is 6.08 Å². The van der Waals surface area contributed by atoms with Gasteiger partial charge in [0.05, 0.1) is 4.92 Å². The fourth-order valence-electron chi connectivity index (χ4n) is 2.05. The van der Waals surface area contributed by atoms with Crippen LogP contribution in [0.2, 0.25) is 5.02 Å². The third-order valence-corrected chi connectivity index (χ3v) is 3.65. The van der Waals surface area contributed by atoms with Crippen LogP contribution in [0.5, 0.6) is 0 Å². The predicted octanol–water partition coefficient (Wildman–Crippen LogP) is 4.25. The van der Waals surface area contributed by atoms with E-state index in [1.165, 1.54) is 24.3 Å². The highest BCUT2D eigenvalue weighted by Crippen LogP contribution is 2.25. The molecule has 0 aromatic heterocycles. The van der Waals surface area contributed by atoms with Crippen LogP contribution in [0, 0.1) is 10.1 Å². The van der Waals surface area contributed by atoms with Crippen molar-refractivity contribution in [3.8, 4) is 0 Å². The molecule has 0 heterocycles. The average molecular weight is 374 g/mol. The van der Waals surface area contributed by atoms with Gasteiger partial charge in [-0.05, 0) is 35.9 Å². The molecule has 2 N–H and O–H groups in total. The van der Waals surface area contributed by atoms with Crippen LogP contribution in [0.1, 0.15) is 18.9 Å². The molecule has 0 fully saturated rings. The number of rotatable bonds is 6. The van der Waals surface area contributed by atoms with Crippen molar-refractivity contribution >= 4 is 46.6 Å². The molecular formula is C18H16ClN3O4. The van der Waals surface area contributed by atoms with Gasteiger partial charge in [0.25, 0.3) is 5.69 Å². The summed E-state index contributed by atoms with van der Waals surface area (Å²) < 4.78 is 0. The smallest absolute Gasteiger partial charge is 0.288 e. The van der Waals surface area contributed by atoms with Gasteiger partial charge in [0.2, 0.25) is 11.8 Å². The van der Waals surface area contributed by atoms with Crippen LogP contribution in [0.3, 0.4) is 0 Å². The number of nitrogens with one attached hydrogen (secondary N) is 2. The molecule has 2 amide bonds. The van der Waals surface area contributed by atoms with Gasteiger partial charge < -0.3 is 10.6 Å². The van der Waals surface area contributed by atoms with Gasteiger partial charge in [-0.3, -0.25) is 19.7 Å². The predicted molar refractivity (Wildman–Crippen MR) is 101 cm³/mol. The second-order valence-electron chi connectivity index (χ2n) is 5.27. The third-order valence-electron chi connectivity index (χ3n) is 3.33. The van der Waals surface area contributed by atoms with Gasteiger partial charge in [0.1, 0.15) is 5.02 Å². The van der Waals surface area contributed by atoms with E-state index in [0.29, 0.717) is 23.4 Å². The minimum Gasteiger partial charge on any atom is -0.326 e. The number of carbonyl (C=O) groups excluding carboxylic acids is 2. The fourth-order valence-corrected chi connectivity index (χ4v) is 2.24. The van der Waals surface area contributed by atoms with E-state index >= 15 is 0 Å². The summed E-state index contributed by atoms with van der Waals surface area (Å²) in [5.41, 5.74) is 1.33. The first-order valence-electron chi connectivity index (χ1n) is 7.72. The molecule has 0 unspecified atom stereocenters. The Labute approximate surface area is 154 Å². The first-order chi connectivity index (χ1) is 12.4. The Morgan fingerprint density at radius 2 is 1.85 bits per heavy atom. The number of anilines is 2. The standard InChI is InChI=1S/C18H16ClN3O4/c1-2-17(23)20-13-4-3-5-14(11-13)21-18(24)9-7-12-6-8-15(19)16(10-12)22(25)26/h3-11H,2H2,1H3,(H,20,23)(H,21,24)/b9-7+. The second kappa shape index (κ2) is 8.77. The summed E-state index contributed by atoms with van der Waals surface area (Å²) in [6, 6.07) is 11.0. The molecule has 2 aromatic carbocycles. The number of nitro benzene ring substituents is 1. The summed E-state index contributed by atoms with van der Waals surface area (Å²) >= 11 is 5.75. The summed E-state index contributed by atoms with van der Waals surface area (Å²) in [5.74, 6) is -0.542. The van der Waals surface area contributed by atoms with E-state index in [0.717, 1.165) is 0 Å². The molecule has 0 aliphatic heterocycles. The van der Waals surface area contributed by atoms with Crippen LogP contribution < -0.4 is 10.6 Å². The molecule has 8 heteroatoms. The zero-order valence-electron chi connectivity index (χ0n) is 13.9. The molecule has 2 aromatic rings. The maximum absolute atomic E-state index is 12.0. The van der Waals surface area contributed by atoms with E-state index in [1.54, 1.807) is 37.3 Å². The molecule has 7 nitrogen and oxygen atoms in total. The fraction of sp³-hybridized carbons (Fsp3) is 0.111. The minimum atomic E-state index is -0.587. The van der Waals surface area contributed by atoms with Gasteiger partial charge in [0, 0.05) is 29.9 Å². The van der Waals surface area contributed by atoms with Crippen molar-refractivity contribution in [1.29, 1.82) is 0 Å². The lowest BCUT2D eigenvalue weighted by molar-refractivity contribution is -0.384. The van der Waals surface area contributed by atoms with E-state index in [1.807, 2.05) is 0 Å². The molecule has 0 aliphatic carbocycles. The number of hydrogen-bond donors (Lipinski definition) is 2. The maximum atomic E-state index is 12.0. The highest BCUT2D eigenvalue weighted by Gasteiger charge is 2.11. The highest BCUT2D eigenvalue weighted by molar-refractivity contribution is 6.32. The molecule has 0 aliphatic rings. The van der Waals surface area contributed by atoms with Crippen LogP contribution in [-0.4, -0.2) is 16.7 Å². The molecule has 0 bridgehead atoms. The molecule has 0 saturated carbocycles. The lowest BCUT2D eigenvalue weighted by Gasteiger charge is -2.07. The van der Waals surface area contributed by atoms with Crippen LogP contribution in [0.4, 0.5) is 17.1 Å². The average Bonchev–Trinajstić information content (AvgIpc) is 2.61. The van der Waals surface area contributed by atoms with E-state index in [9.17, 15) is 19.7 Å². The number of halogens is 1. The number of benzene rings is 2. The van der Waals surface area contributed by atoms with Crippen molar-refractivity contribution in [1.82, 2.24) is 0 Å². The van der Waals surface area contributed by atoms with Crippen molar-refractivity contribution in [2.24, 2.45) is 0 Å². The normalized spacial score (nSPS) is 10.5. The maximum Gasteiger partial charge on any atom is 0.288 e. The molecule has 2 rings (SSSR count). The first kappa shape index (κ1) is 19.1. The van der Waals surface area contributed by atoms with Crippen molar-refractivity contribution in [2.45, 2.75) is 13.3 Å². The Kier molecular flexibility index (Phi) is 6.46. The molecular weight excluding hydrogens is 358 g/mol. The Balaban J connectivity index is 2.06. The molecule has 0 radical (unpaired) electrons. The van der Waals surface area contributed by atoms with Gasteiger partial charge in [-0.2, -0.15) is 0 Å². The quantitative estimate of drug-likeness (QED) is 0.449. The van der Waals surface area contributed by atoms with Crippen LogP contribution >= 0.6 is 11.6 Å². The van der Waals surface area contributed by atoms with Crippen LogP contribution in [-0.2, 0) is 9.59 Å². The lowest BCUT2D eigenvalue weighted by Crippen LogP contribution is -2.11. The Morgan fingerprint density at radius 3 is 2.50 bits per heavy atom. The zero-order valence-corrected chi connectivity index (χ0v) is 14.6. The molecule has 0 atom stereocenters. The molecule has 0 spiro atoms. The van der Waals surface area contributed by atoms with Crippen LogP contribution in [0.15, 0.2) is 48.5 Å². The summed E-state index contributed by atoms with van der Waals surface area (Å²) in [7, 11) is 0. The van der Waals surface area contributed by atoms with E-state index in [-0.39, 0.29) is 16.6 Å². The zero-order chi connectivity index (χ0) is 19.1. The summed E-state index contributed by atoms with van der Waals surface area (Å²) in [6.07, 6.45) is 3.05. The number of hydrogen-bond acceptors (Lipinski definition) is 4. The van der Waals surface area contributed by atoms with E-state index in [2.05, 4.69) is 10.6 Å². The topological polar surface area (TPSA) is 101 Å². The SMILES string of the molecule is CCC(=O)Nc1cccc(NC(=O)/C=C/c2ccc(Cl)c([N+](=O)[O-])c2)c1. The lowest BCUT2D eigenvalue weighted by atomic mass is 10.2. The summed E-state index contributed by atoms with van der Waals surface area (Å²) in [6.45, 7) is 1.74. The Hall–Kier alpha value is -3.19. The monoisotopic (exact) mass is 373 g/mol. The van der Waals surface area contributed by atoms with Crippen molar-refractivity contribution < 1.29 is 14.5 Å². The highest BCUT2D eigenvalue weighted by atomic mass is 35.5. The second-order valence-corrected chi connectivity index (χ2v) is 5.68. The first-order valence-corrected chi connectivity index (χ1v) is 8.09. The van der Waals surface area contributed by atoms with Gasteiger partial charge in [-0.25, -0.2) is 0 Å². The number of carbonyl (C=O) groups is 2. The van der Waals surface area contributed by atoms with Crippen molar-refractivity contribution in [2.75, 3.05) is 10.6 Å². The van der Waals surface area contributed by atoms with Crippen molar-refractivity contribution in [3.63, 3.8) is 0 Å². The number of nitro groups is 1. The molecule has 26 heavy (non-hydrogen) atoms. The Morgan fingerprint density at radius 1 is 1.15 bits per heavy atom. The van der Waals surface area contributed by atoms with Gasteiger partial charge in [-0.15, -0.1) is 0 Å². The number of amides is 2. The summed E-state index contributed by atoms with van der Waals surface area (Å²) in [5, 5.41) is 16.3. The molecule has 0 saturated heterocycles. The van der Waals surface area contributed by atoms with Gasteiger partial charge in [0.15, 0.2) is 0 Å². The largest absolute Gasteiger partial charge is 0.326 e. The summed E-state index contributed by atoms with van der Waals surface area (Å²) in [4.78, 5) is 33.7. The van der Waals surface area contributed by atoms with Gasteiger partial charge in [-0.1, -0.05) is 30.7 Å². The van der Waals surface area contributed by atoms with Crippen molar-refractivity contribution in [3.05, 3.63) is 69.2 Å². The Bertz CT molecular complexity index is 880. The van der Waals surface area contributed by atoms with Gasteiger partial charge >= 0.3 is 0 Å². The van der Waals surface area contributed by atoms with E-state index < -0.39 is 10.8 Å². The minimum absolute atomic E-state index is 0.0301.